The van der Waals surface area contributed by atoms with Crippen LogP contribution in [0.1, 0.15) is 23.6 Å². The van der Waals surface area contributed by atoms with E-state index < -0.39 is 0 Å². The van der Waals surface area contributed by atoms with Crippen molar-refractivity contribution in [1.29, 1.82) is 0 Å². The van der Waals surface area contributed by atoms with Crippen molar-refractivity contribution in [3.8, 4) is 5.75 Å². The molecule has 0 saturated heterocycles. The summed E-state index contributed by atoms with van der Waals surface area (Å²) in [5.74, 6) is 1.42. The standard InChI is InChI=1S/C14H18ClNO2/c1-16-7-5-11-3-4-12(18-8-2-6-15)9-13(11)14(16)10-17/h3-4,9-10,14H,2,5-8H2,1H3. The number of fused-ring (bicyclic) bond motifs is 1. The van der Waals surface area contributed by atoms with E-state index in [1.165, 1.54) is 5.56 Å². The molecule has 4 heteroatoms. The Morgan fingerprint density at radius 1 is 1.56 bits per heavy atom. The van der Waals surface area contributed by atoms with Gasteiger partial charge in [-0.05, 0) is 43.1 Å². The first kappa shape index (κ1) is 13.4. The van der Waals surface area contributed by atoms with Gasteiger partial charge in [-0.3, -0.25) is 4.90 Å². The minimum absolute atomic E-state index is 0.148. The number of aldehydes is 1. The third-order valence-electron chi connectivity index (χ3n) is 3.32. The molecule has 0 radical (unpaired) electrons. The van der Waals surface area contributed by atoms with Gasteiger partial charge in [-0.1, -0.05) is 6.07 Å². The Bertz CT molecular complexity index is 422. The largest absolute Gasteiger partial charge is 0.494 e. The molecular weight excluding hydrogens is 250 g/mol. The summed E-state index contributed by atoms with van der Waals surface area (Å²) in [5.41, 5.74) is 2.32. The zero-order valence-electron chi connectivity index (χ0n) is 10.6. The van der Waals surface area contributed by atoms with Gasteiger partial charge in [0.05, 0.1) is 12.6 Å². The molecule has 1 aliphatic heterocycles. The van der Waals surface area contributed by atoms with Gasteiger partial charge in [0.2, 0.25) is 0 Å². The number of hydrogen-bond acceptors (Lipinski definition) is 3. The molecular formula is C14H18ClNO2. The lowest BCUT2D eigenvalue weighted by Crippen LogP contribution is -2.32. The lowest BCUT2D eigenvalue weighted by Gasteiger charge is -2.31. The third-order valence-corrected chi connectivity index (χ3v) is 3.59. The summed E-state index contributed by atoms with van der Waals surface area (Å²) < 4.78 is 5.62. The summed E-state index contributed by atoms with van der Waals surface area (Å²) in [6.45, 7) is 1.53. The van der Waals surface area contributed by atoms with Crippen LogP contribution >= 0.6 is 11.6 Å². The first-order chi connectivity index (χ1) is 8.76. The van der Waals surface area contributed by atoms with Crippen molar-refractivity contribution in [3.05, 3.63) is 29.3 Å². The van der Waals surface area contributed by atoms with E-state index in [1.54, 1.807) is 0 Å². The average Bonchev–Trinajstić information content (AvgIpc) is 2.39. The number of hydrogen-bond donors (Lipinski definition) is 0. The van der Waals surface area contributed by atoms with Crippen LogP contribution in [0.15, 0.2) is 18.2 Å². The maximum absolute atomic E-state index is 11.2. The smallest absolute Gasteiger partial charge is 0.141 e. The van der Waals surface area contributed by atoms with Gasteiger partial charge in [0.15, 0.2) is 0 Å². The molecule has 18 heavy (non-hydrogen) atoms. The second kappa shape index (κ2) is 6.21. The van der Waals surface area contributed by atoms with Gasteiger partial charge in [-0.25, -0.2) is 0 Å². The Morgan fingerprint density at radius 3 is 3.11 bits per heavy atom. The van der Waals surface area contributed by atoms with Crippen LogP contribution in [0.5, 0.6) is 5.75 Å². The number of ether oxygens (including phenoxy) is 1. The van der Waals surface area contributed by atoms with E-state index in [2.05, 4.69) is 11.0 Å². The van der Waals surface area contributed by atoms with Gasteiger partial charge < -0.3 is 9.53 Å². The average molecular weight is 268 g/mol. The molecule has 3 nitrogen and oxygen atoms in total. The predicted molar refractivity (Wildman–Crippen MR) is 72.4 cm³/mol. The van der Waals surface area contributed by atoms with Crippen molar-refractivity contribution in [1.82, 2.24) is 4.90 Å². The van der Waals surface area contributed by atoms with Crippen LogP contribution in [0.25, 0.3) is 0 Å². The highest BCUT2D eigenvalue weighted by Crippen LogP contribution is 2.30. The number of rotatable bonds is 5. The van der Waals surface area contributed by atoms with Gasteiger partial charge in [0.25, 0.3) is 0 Å². The van der Waals surface area contributed by atoms with E-state index in [4.69, 9.17) is 16.3 Å². The molecule has 2 rings (SSSR count). The molecule has 1 aromatic carbocycles. The van der Waals surface area contributed by atoms with Crippen LogP contribution in [0.2, 0.25) is 0 Å². The number of halogens is 1. The number of likely N-dealkylation sites (N-methyl/N-ethyl adjacent to an activating group) is 1. The summed E-state index contributed by atoms with van der Waals surface area (Å²) in [4.78, 5) is 13.3. The summed E-state index contributed by atoms with van der Waals surface area (Å²) in [6, 6.07) is 5.87. The topological polar surface area (TPSA) is 29.5 Å². The number of nitrogens with zero attached hydrogens (tertiary/aromatic N) is 1. The molecule has 0 saturated carbocycles. The van der Waals surface area contributed by atoms with Gasteiger partial charge in [0, 0.05) is 12.4 Å². The van der Waals surface area contributed by atoms with E-state index in [9.17, 15) is 4.79 Å². The molecule has 1 unspecified atom stereocenters. The van der Waals surface area contributed by atoms with Crippen LogP contribution in [0.3, 0.4) is 0 Å². The van der Waals surface area contributed by atoms with Crippen molar-refractivity contribution < 1.29 is 9.53 Å². The minimum atomic E-state index is -0.148. The van der Waals surface area contributed by atoms with Gasteiger partial charge in [-0.2, -0.15) is 0 Å². The van der Waals surface area contributed by atoms with Crippen LogP contribution in [-0.4, -0.2) is 37.3 Å². The predicted octanol–water partition coefficient (Wildman–Crippen LogP) is 2.42. The normalized spacial score (nSPS) is 19.3. The van der Waals surface area contributed by atoms with Crippen molar-refractivity contribution in [2.45, 2.75) is 18.9 Å². The fraction of sp³-hybridized carbons (Fsp3) is 0.500. The van der Waals surface area contributed by atoms with Crippen molar-refractivity contribution >= 4 is 17.9 Å². The van der Waals surface area contributed by atoms with Crippen LogP contribution in [0.4, 0.5) is 0 Å². The Morgan fingerprint density at radius 2 is 2.39 bits per heavy atom. The molecule has 1 heterocycles. The highest BCUT2D eigenvalue weighted by atomic mass is 35.5. The van der Waals surface area contributed by atoms with E-state index >= 15 is 0 Å². The Kier molecular flexibility index (Phi) is 4.61. The first-order valence-corrected chi connectivity index (χ1v) is 6.77. The summed E-state index contributed by atoms with van der Waals surface area (Å²) in [7, 11) is 1.98. The van der Waals surface area contributed by atoms with Crippen LogP contribution in [0, 0.1) is 0 Å². The van der Waals surface area contributed by atoms with E-state index in [0.29, 0.717) is 12.5 Å². The highest BCUT2D eigenvalue weighted by Gasteiger charge is 2.24. The van der Waals surface area contributed by atoms with Crippen molar-refractivity contribution in [2.75, 3.05) is 26.1 Å². The van der Waals surface area contributed by atoms with E-state index in [-0.39, 0.29) is 6.04 Å². The monoisotopic (exact) mass is 267 g/mol. The van der Waals surface area contributed by atoms with Crippen molar-refractivity contribution in [2.24, 2.45) is 0 Å². The third kappa shape index (κ3) is 2.85. The van der Waals surface area contributed by atoms with Gasteiger partial charge in [-0.15, -0.1) is 11.6 Å². The Hall–Kier alpha value is -1.06. The SMILES string of the molecule is CN1CCc2ccc(OCCCCl)cc2C1C=O. The summed E-state index contributed by atoms with van der Waals surface area (Å²) in [6.07, 6.45) is 2.81. The fourth-order valence-corrected chi connectivity index (χ4v) is 2.37. The fourth-order valence-electron chi connectivity index (χ4n) is 2.26. The zero-order valence-corrected chi connectivity index (χ0v) is 11.3. The van der Waals surface area contributed by atoms with Gasteiger partial charge in [0.1, 0.15) is 12.0 Å². The molecule has 1 aliphatic rings. The molecule has 0 amide bonds. The number of carbonyl (C=O) groups excluding carboxylic acids is 1. The lowest BCUT2D eigenvalue weighted by molar-refractivity contribution is -0.112. The maximum atomic E-state index is 11.2. The second-order valence-corrected chi connectivity index (χ2v) is 4.94. The number of carbonyl (C=O) groups is 1. The molecule has 0 spiro atoms. The number of benzene rings is 1. The molecule has 1 aromatic rings. The van der Waals surface area contributed by atoms with E-state index in [1.807, 2.05) is 19.2 Å². The molecule has 0 N–H and O–H groups in total. The molecule has 0 aliphatic carbocycles. The molecule has 98 valence electrons. The molecule has 0 fully saturated rings. The Labute approximate surface area is 113 Å². The number of alkyl halides is 1. The molecule has 0 bridgehead atoms. The lowest BCUT2D eigenvalue weighted by atomic mass is 9.93. The molecule has 0 aromatic heterocycles. The maximum Gasteiger partial charge on any atom is 0.141 e. The van der Waals surface area contributed by atoms with E-state index in [0.717, 1.165) is 37.0 Å². The van der Waals surface area contributed by atoms with Crippen LogP contribution < -0.4 is 4.74 Å². The first-order valence-electron chi connectivity index (χ1n) is 6.23. The van der Waals surface area contributed by atoms with Crippen LogP contribution in [-0.2, 0) is 11.2 Å². The summed E-state index contributed by atoms with van der Waals surface area (Å²) in [5, 5.41) is 0. The molecule has 1 atom stereocenters. The second-order valence-electron chi connectivity index (χ2n) is 4.56. The Balaban J connectivity index is 2.18. The van der Waals surface area contributed by atoms with Crippen molar-refractivity contribution in [3.63, 3.8) is 0 Å². The van der Waals surface area contributed by atoms with Gasteiger partial charge >= 0.3 is 0 Å². The highest BCUT2D eigenvalue weighted by molar-refractivity contribution is 6.17. The quantitative estimate of drug-likeness (QED) is 0.466. The summed E-state index contributed by atoms with van der Waals surface area (Å²) >= 11 is 5.61. The zero-order chi connectivity index (χ0) is 13.0. The minimum Gasteiger partial charge on any atom is -0.494 e.